The van der Waals surface area contributed by atoms with Crippen molar-refractivity contribution in [3.05, 3.63) is 68.7 Å². The number of hydrogen-bond acceptors (Lipinski definition) is 3. The summed E-state index contributed by atoms with van der Waals surface area (Å²) in [5.74, 6) is 0. The quantitative estimate of drug-likeness (QED) is 0.690. The lowest BCUT2D eigenvalue weighted by molar-refractivity contribution is -0.384. The van der Waals surface area contributed by atoms with Gasteiger partial charge in [0.15, 0.2) is 0 Å². The summed E-state index contributed by atoms with van der Waals surface area (Å²) < 4.78 is 0. The molecule has 2 aromatic carbocycles. The third-order valence-electron chi connectivity index (χ3n) is 3.57. The van der Waals surface area contributed by atoms with E-state index in [-0.39, 0.29) is 11.7 Å². The zero-order valence-corrected chi connectivity index (χ0v) is 11.4. The monoisotopic (exact) mass is 288 g/mol. The lowest BCUT2D eigenvalue weighted by Crippen LogP contribution is -2.20. The highest BCUT2D eigenvalue weighted by Crippen LogP contribution is 2.31. The Bertz CT molecular complexity index is 648. The first-order chi connectivity index (χ1) is 9.63. The van der Waals surface area contributed by atoms with Crippen LogP contribution in [0.5, 0.6) is 0 Å². The van der Waals surface area contributed by atoms with E-state index in [9.17, 15) is 10.1 Å². The topological polar surface area (TPSA) is 55.2 Å². The van der Waals surface area contributed by atoms with E-state index in [0.29, 0.717) is 10.7 Å². The van der Waals surface area contributed by atoms with Crippen LogP contribution in [0, 0.1) is 10.1 Å². The first-order valence-corrected chi connectivity index (χ1v) is 6.78. The first-order valence-electron chi connectivity index (χ1n) is 6.41. The Morgan fingerprint density at radius 1 is 1.15 bits per heavy atom. The van der Waals surface area contributed by atoms with Crippen molar-refractivity contribution in [3.63, 3.8) is 0 Å². The van der Waals surface area contributed by atoms with Crippen LogP contribution in [0.4, 0.5) is 11.4 Å². The fraction of sp³-hybridized carbons (Fsp3) is 0.200. The molecule has 2 aromatic rings. The Hall–Kier alpha value is -2.07. The number of nitro benzene ring substituents is 1. The average Bonchev–Trinajstić information content (AvgIpc) is 2.82. The van der Waals surface area contributed by atoms with E-state index in [2.05, 4.69) is 17.4 Å². The summed E-state index contributed by atoms with van der Waals surface area (Å²) in [7, 11) is 0. The van der Waals surface area contributed by atoms with E-state index in [1.165, 1.54) is 17.2 Å². The van der Waals surface area contributed by atoms with Crippen molar-refractivity contribution < 1.29 is 4.92 Å². The van der Waals surface area contributed by atoms with Gasteiger partial charge in [0.25, 0.3) is 5.69 Å². The number of nitrogens with one attached hydrogen (secondary N) is 1. The van der Waals surface area contributed by atoms with Gasteiger partial charge in [-0.25, -0.2) is 0 Å². The molecule has 0 bridgehead atoms. The zero-order valence-electron chi connectivity index (χ0n) is 10.7. The van der Waals surface area contributed by atoms with Crippen LogP contribution in [0.25, 0.3) is 0 Å². The molecule has 1 aliphatic carbocycles. The Morgan fingerprint density at radius 2 is 1.80 bits per heavy atom. The second-order valence-electron chi connectivity index (χ2n) is 4.94. The Balaban J connectivity index is 1.82. The number of benzene rings is 2. The molecule has 0 aromatic heterocycles. The summed E-state index contributed by atoms with van der Waals surface area (Å²) in [6, 6.07) is 13.2. The largest absolute Gasteiger partial charge is 0.376 e. The van der Waals surface area contributed by atoms with Gasteiger partial charge >= 0.3 is 0 Å². The van der Waals surface area contributed by atoms with Gasteiger partial charge in [0.05, 0.1) is 4.92 Å². The van der Waals surface area contributed by atoms with Gasteiger partial charge in [0.2, 0.25) is 0 Å². The van der Waals surface area contributed by atoms with Crippen molar-refractivity contribution in [2.45, 2.75) is 18.9 Å². The normalized spacial score (nSPS) is 14.1. The maximum Gasteiger partial charge on any atom is 0.293 e. The zero-order chi connectivity index (χ0) is 14.1. The number of nitro groups is 1. The van der Waals surface area contributed by atoms with E-state index in [4.69, 9.17) is 11.6 Å². The number of fused-ring (bicyclic) bond motifs is 1. The number of hydrogen-bond donors (Lipinski definition) is 1. The molecule has 5 heteroatoms. The van der Waals surface area contributed by atoms with Gasteiger partial charge in [-0.2, -0.15) is 0 Å². The number of nitrogens with zero attached hydrogens (tertiary/aromatic N) is 1. The molecule has 102 valence electrons. The molecule has 0 atom stereocenters. The lowest BCUT2D eigenvalue weighted by atomic mass is 10.1. The van der Waals surface area contributed by atoms with Crippen molar-refractivity contribution in [2.24, 2.45) is 0 Å². The van der Waals surface area contributed by atoms with Crippen LogP contribution < -0.4 is 5.32 Å². The molecule has 0 radical (unpaired) electrons. The average molecular weight is 289 g/mol. The van der Waals surface area contributed by atoms with Crippen LogP contribution >= 0.6 is 11.6 Å². The van der Waals surface area contributed by atoms with Crippen LogP contribution in [-0.2, 0) is 12.8 Å². The molecular formula is C15H13ClN2O2. The van der Waals surface area contributed by atoms with Crippen LogP contribution in [0.1, 0.15) is 11.1 Å². The van der Waals surface area contributed by atoms with Gasteiger partial charge in [0, 0.05) is 17.1 Å². The minimum Gasteiger partial charge on any atom is -0.376 e. The van der Waals surface area contributed by atoms with Crippen molar-refractivity contribution in [1.82, 2.24) is 0 Å². The predicted octanol–water partition coefficient (Wildman–Crippen LogP) is 3.83. The van der Waals surface area contributed by atoms with Gasteiger partial charge < -0.3 is 5.32 Å². The third-order valence-corrected chi connectivity index (χ3v) is 3.80. The molecule has 0 saturated carbocycles. The molecule has 4 nitrogen and oxygen atoms in total. The minimum absolute atomic E-state index is 0.0217. The molecule has 0 unspecified atom stereocenters. The summed E-state index contributed by atoms with van der Waals surface area (Å²) in [6.45, 7) is 0. The fourth-order valence-electron chi connectivity index (χ4n) is 2.66. The number of anilines is 1. The predicted molar refractivity (Wildman–Crippen MR) is 79.4 cm³/mol. The highest BCUT2D eigenvalue weighted by Gasteiger charge is 2.23. The Kier molecular flexibility index (Phi) is 3.32. The molecule has 0 fully saturated rings. The molecule has 20 heavy (non-hydrogen) atoms. The van der Waals surface area contributed by atoms with Gasteiger partial charge in [-0.1, -0.05) is 35.9 Å². The minimum atomic E-state index is -0.406. The van der Waals surface area contributed by atoms with E-state index in [0.717, 1.165) is 12.8 Å². The number of halogens is 1. The standard InChI is InChI=1S/C15H13ClN2O2/c16-12-5-6-14(15(9-12)18(19)20)17-13-7-10-3-1-2-4-11(10)8-13/h1-6,9,13,17H,7-8H2. The van der Waals surface area contributed by atoms with Gasteiger partial charge in [-0.3, -0.25) is 10.1 Å². The van der Waals surface area contributed by atoms with Crippen LogP contribution in [0.15, 0.2) is 42.5 Å². The van der Waals surface area contributed by atoms with Crippen LogP contribution in [0.3, 0.4) is 0 Å². The van der Waals surface area contributed by atoms with E-state index < -0.39 is 4.92 Å². The molecule has 0 aliphatic heterocycles. The van der Waals surface area contributed by atoms with Crippen molar-refractivity contribution in [3.8, 4) is 0 Å². The molecule has 3 rings (SSSR count). The van der Waals surface area contributed by atoms with Crippen molar-refractivity contribution >= 4 is 23.0 Å². The lowest BCUT2D eigenvalue weighted by Gasteiger charge is -2.13. The molecule has 0 heterocycles. The highest BCUT2D eigenvalue weighted by molar-refractivity contribution is 6.30. The second kappa shape index (κ2) is 5.13. The van der Waals surface area contributed by atoms with E-state index in [1.54, 1.807) is 12.1 Å². The molecule has 1 N–H and O–H groups in total. The van der Waals surface area contributed by atoms with Gasteiger partial charge in [0.1, 0.15) is 5.69 Å². The molecular weight excluding hydrogens is 276 g/mol. The summed E-state index contributed by atoms with van der Waals surface area (Å²) in [5.41, 5.74) is 3.16. The fourth-order valence-corrected chi connectivity index (χ4v) is 2.83. The molecule has 0 spiro atoms. The number of rotatable bonds is 3. The molecule has 0 amide bonds. The summed E-state index contributed by atoms with van der Waals surface area (Å²) in [4.78, 5) is 10.7. The molecule has 1 aliphatic rings. The van der Waals surface area contributed by atoms with E-state index >= 15 is 0 Å². The Labute approximate surface area is 121 Å². The first kappa shape index (κ1) is 12.9. The highest BCUT2D eigenvalue weighted by atomic mass is 35.5. The smallest absolute Gasteiger partial charge is 0.293 e. The summed E-state index contributed by atoms with van der Waals surface area (Å²) in [5, 5.41) is 14.7. The van der Waals surface area contributed by atoms with E-state index in [1.807, 2.05) is 12.1 Å². The van der Waals surface area contributed by atoms with Crippen molar-refractivity contribution in [2.75, 3.05) is 5.32 Å². The maximum absolute atomic E-state index is 11.1. The maximum atomic E-state index is 11.1. The summed E-state index contributed by atoms with van der Waals surface area (Å²) in [6.07, 6.45) is 1.77. The van der Waals surface area contributed by atoms with Crippen molar-refractivity contribution in [1.29, 1.82) is 0 Å². The second-order valence-corrected chi connectivity index (χ2v) is 5.37. The van der Waals surface area contributed by atoms with Crippen LogP contribution in [0.2, 0.25) is 5.02 Å². The van der Waals surface area contributed by atoms with Gasteiger partial charge in [-0.15, -0.1) is 0 Å². The third kappa shape index (κ3) is 2.47. The molecule has 0 saturated heterocycles. The SMILES string of the molecule is O=[N+]([O-])c1cc(Cl)ccc1NC1Cc2ccccc2C1. The Morgan fingerprint density at radius 3 is 2.40 bits per heavy atom. The summed E-state index contributed by atoms with van der Waals surface area (Å²) >= 11 is 5.82. The van der Waals surface area contributed by atoms with Gasteiger partial charge in [-0.05, 0) is 36.1 Å². The van der Waals surface area contributed by atoms with Crippen LogP contribution in [-0.4, -0.2) is 11.0 Å².